The van der Waals surface area contributed by atoms with Crippen LogP contribution < -0.4 is 16.0 Å². The van der Waals surface area contributed by atoms with E-state index < -0.39 is 0 Å². The maximum Gasteiger partial charge on any atom is 0.329 e. The first-order valence-electron chi connectivity index (χ1n) is 10.8. The first kappa shape index (κ1) is 20.7. The summed E-state index contributed by atoms with van der Waals surface area (Å²) in [7, 11) is 1.99. The molecule has 0 bridgehead atoms. The molecule has 1 aromatic carbocycles. The molecule has 0 unspecified atom stereocenters. The molecule has 2 aliphatic carbocycles. The van der Waals surface area contributed by atoms with Gasteiger partial charge in [0, 0.05) is 17.8 Å². The van der Waals surface area contributed by atoms with E-state index in [2.05, 4.69) is 11.4 Å². The van der Waals surface area contributed by atoms with Crippen LogP contribution >= 0.6 is 0 Å². The predicted molar refractivity (Wildman–Crippen MR) is 118 cm³/mol. The van der Waals surface area contributed by atoms with Crippen LogP contribution in [0.1, 0.15) is 44.6 Å². The maximum absolute atomic E-state index is 14.8. The molecule has 3 N–H and O–H groups in total. The molecular weight excluding hydrogens is 379 g/mol. The highest BCUT2D eigenvalue weighted by molar-refractivity contribution is 5.97. The molecule has 30 heavy (non-hydrogen) atoms. The third kappa shape index (κ3) is 3.88. The molecule has 1 aromatic rings. The van der Waals surface area contributed by atoms with Crippen molar-refractivity contribution in [1.29, 1.82) is 0 Å². The van der Waals surface area contributed by atoms with Crippen molar-refractivity contribution >= 4 is 11.7 Å². The molecule has 0 aromatic heterocycles. The third-order valence-corrected chi connectivity index (χ3v) is 6.41. The van der Waals surface area contributed by atoms with E-state index >= 15 is 0 Å². The van der Waals surface area contributed by atoms with Crippen LogP contribution in [0.25, 0.3) is 0 Å². The number of carbonyl (C=O) groups excluding carboxylic acids is 1. The minimum Gasteiger partial charge on any atom is -0.402 e. The van der Waals surface area contributed by atoms with Crippen molar-refractivity contribution in [2.24, 2.45) is 5.73 Å². The fourth-order valence-electron chi connectivity index (χ4n) is 4.74. The maximum atomic E-state index is 14.8. The fourth-order valence-corrected chi connectivity index (χ4v) is 4.74. The molecule has 3 aliphatic rings. The van der Waals surface area contributed by atoms with E-state index in [1.54, 1.807) is 11.0 Å². The largest absolute Gasteiger partial charge is 0.402 e. The minimum absolute atomic E-state index is 0.0805. The molecule has 160 valence electrons. The third-order valence-electron chi connectivity index (χ3n) is 6.41. The standard InChI is InChI=1S/C24H31FN4O/c1-15-5-4-6-21(25)23(15)28-14-20(17-7-8-17)22(13-16(2)26)29(24(28)30)19-11-9-18(27-3)10-12-19/h4-7,13,18-19,27H,8-12,14,26H2,1-3H3/b16-13-. The molecule has 0 saturated heterocycles. The summed E-state index contributed by atoms with van der Waals surface area (Å²) in [6.45, 7) is 4.07. The molecule has 4 rings (SSSR count). The number of nitrogens with zero attached hydrogens (tertiary/aromatic N) is 2. The van der Waals surface area contributed by atoms with Crippen molar-refractivity contribution in [3.8, 4) is 0 Å². The Hall–Kier alpha value is -2.60. The highest BCUT2D eigenvalue weighted by Gasteiger charge is 2.40. The highest BCUT2D eigenvalue weighted by Crippen LogP contribution is 2.40. The van der Waals surface area contributed by atoms with Crippen molar-refractivity contribution in [3.63, 3.8) is 0 Å². The zero-order valence-corrected chi connectivity index (χ0v) is 18.0. The van der Waals surface area contributed by atoms with Crippen LogP contribution in [-0.2, 0) is 0 Å². The van der Waals surface area contributed by atoms with Gasteiger partial charge in [0.1, 0.15) is 5.82 Å². The van der Waals surface area contributed by atoms with Gasteiger partial charge in [0.25, 0.3) is 0 Å². The monoisotopic (exact) mass is 410 g/mol. The Bertz CT molecular complexity index is 916. The van der Waals surface area contributed by atoms with Gasteiger partial charge in [0.2, 0.25) is 0 Å². The van der Waals surface area contributed by atoms with Gasteiger partial charge < -0.3 is 11.1 Å². The minimum atomic E-state index is -0.361. The predicted octanol–water partition coefficient (Wildman–Crippen LogP) is 4.35. The lowest BCUT2D eigenvalue weighted by Gasteiger charge is -2.44. The average Bonchev–Trinajstić information content (AvgIpc) is 3.54. The van der Waals surface area contributed by atoms with Gasteiger partial charge in [-0.15, -0.1) is 0 Å². The van der Waals surface area contributed by atoms with Gasteiger partial charge in [0.15, 0.2) is 0 Å². The average molecular weight is 411 g/mol. The first-order valence-corrected chi connectivity index (χ1v) is 10.8. The number of amides is 2. The van der Waals surface area contributed by atoms with E-state index in [0.29, 0.717) is 24.0 Å². The molecule has 0 spiro atoms. The van der Waals surface area contributed by atoms with Gasteiger partial charge in [-0.2, -0.15) is 0 Å². The molecule has 6 heteroatoms. The smallest absolute Gasteiger partial charge is 0.329 e. The second kappa shape index (κ2) is 8.26. The van der Waals surface area contributed by atoms with Crippen molar-refractivity contribution in [2.45, 2.75) is 58.0 Å². The zero-order chi connectivity index (χ0) is 21.4. The molecule has 0 radical (unpaired) electrons. The Kier molecular flexibility index (Phi) is 5.69. The molecule has 1 heterocycles. The van der Waals surface area contributed by atoms with Crippen LogP contribution in [-0.4, -0.2) is 36.6 Å². The normalized spacial score (nSPS) is 25.0. The summed E-state index contributed by atoms with van der Waals surface area (Å²) in [5, 5.41) is 3.35. The molecular formula is C24H31FN4O. The Morgan fingerprint density at radius 1 is 1.27 bits per heavy atom. The van der Waals surface area contributed by atoms with Crippen molar-refractivity contribution < 1.29 is 9.18 Å². The van der Waals surface area contributed by atoms with Gasteiger partial charge in [-0.25, -0.2) is 9.18 Å². The molecule has 1 saturated carbocycles. The number of urea groups is 1. The number of hydrogen-bond acceptors (Lipinski definition) is 3. The topological polar surface area (TPSA) is 61.6 Å². The summed E-state index contributed by atoms with van der Waals surface area (Å²) >= 11 is 0. The number of nitrogens with one attached hydrogen (secondary N) is 1. The molecule has 1 fully saturated rings. The highest BCUT2D eigenvalue weighted by atomic mass is 19.1. The van der Waals surface area contributed by atoms with E-state index in [1.807, 2.05) is 37.9 Å². The number of carbonyl (C=O) groups is 1. The van der Waals surface area contributed by atoms with E-state index in [-0.39, 0.29) is 17.9 Å². The molecule has 0 atom stereocenters. The quantitative estimate of drug-likeness (QED) is 0.758. The lowest BCUT2D eigenvalue weighted by atomic mass is 9.89. The Morgan fingerprint density at radius 2 is 1.97 bits per heavy atom. The number of hydrogen-bond donors (Lipinski definition) is 2. The lowest BCUT2D eigenvalue weighted by molar-refractivity contribution is 0.175. The number of allylic oxidation sites excluding steroid dienone is 3. The first-order chi connectivity index (χ1) is 14.4. The summed E-state index contributed by atoms with van der Waals surface area (Å²) in [6.07, 6.45) is 8.84. The summed E-state index contributed by atoms with van der Waals surface area (Å²) in [5.41, 5.74) is 11.1. The number of halogens is 1. The van der Waals surface area contributed by atoms with Crippen LogP contribution in [0, 0.1) is 12.7 Å². The van der Waals surface area contributed by atoms with E-state index in [4.69, 9.17) is 5.73 Å². The van der Waals surface area contributed by atoms with Crippen molar-refractivity contribution in [1.82, 2.24) is 10.2 Å². The number of anilines is 1. The van der Waals surface area contributed by atoms with E-state index in [9.17, 15) is 9.18 Å². The molecule has 2 amide bonds. The summed E-state index contributed by atoms with van der Waals surface area (Å²) in [6, 6.07) is 5.37. The second-order valence-corrected chi connectivity index (χ2v) is 8.62. The second-order valence-electron chi connectivity index (χ2n) is 8.62. The number of para-hydroxylation sites is 1. The Labute approximate surface area is 178 Å². The van der Waals surface area contributed by atoms with Gasteiger partial charge in [-0.3, -0.25) is 9.80 Å². The molecule has 1 aliphatic heterocycles. The van der Waals surface area contributed by atoms with Crippen LogP contribution in [0.5, 0.6) is 0 Å². The van der Waals surface area contributed by atoms with Crippen molar-refractivity contribution in [2.75, 3.05) is 18.5 Å². The van der Waals surface area contributed by atoms with Gasteiger partial charge in [0.05, 0.1) is 17.9 Å². The van der Waals surface area contributed by atoms with Crippen molar-refractivity contribution in [3.05, 3.63) is 64.3 Å². The van der Waals surface area contributed by atoms with Crippen LogP contribution in [0.4, 0.5) is 14.9 Å². The Balaban J connectivity index is 1.80. The number of aryl methyl sites for hydroxylation is 1. The van der Waals surface area contributed by atoms with Crippen LogP contribution in [0.15, 0.2) is 52.9 Å². The number of benzene rings is 1. The number of rotatable bonds is 5. The van der Waals surface area contributed by atoms with Crippen LogP contribution in [0.3, 0.4) is 0 Å². The lowest BCUT2D eigenvalue weighted by Crippen LogP contribution is -2.54. The van der Waals surface area contributed by atoms with Gasteiger partial charge in [-0.1, -0.05) is 18.2 Å². The van der Waals surface area contributed by atoms with Gasteiger partial charge in [-0.05, 0) is 81.9 Å². The molecule has 5 nitrogen and oxygen atoms in total. The summed E-state index contributed by atoms with van der Waals surface area (Å²) < 4.78 is 14.8. The number of nitrogens with two attached hydrogens (primary N) is 1. The summed E-state index contributed by atoms with van der Waals surface area (Å²) in [5.74, 6) is -0.361. The zero-order valence-electron chi connectivity index (χ0n) is 18.0. The fraction of sp³-hybridized carbons (Fsp3) is 0.458. The summed E-state index contributed by atoms with van der Waals surface area (Å²) in [4.78, 5) is 17.3. The van der Waals surface area contributed by atoms with Gasteiger partial charge >= 0.3 is 6.03 Å². The van der Waals surface area contributed by atoms with Crippen LogP contribution in [0.2, 0.25) is 0 Å². The van der Waals surface area contributed by atoms with E-state index in [1.165, 1.54) is 11.6 Å². The SMILES string of the molecule is CNC1CCC(N2C(=O)N(c3c(C)cccc3F)CC(C3=CC3)=C2/C=C(/C)N)CC1. The Morgan fingerprint density at radius 3 is 2.53 bits per heavy atom. The van der Waals surface area contributed by atoms with E-state index in [0.717, 1.165) is 48.9 Å².